The number of allylic oxidation sites excluding steroid dienone is 3. The Hall–Kier alpha value is -2.45. The first-order chi connectivity index (χ1) is 11.7. The Morgan fingerprint density at radius 3 is 2.40 bits per heavy atom. The highest BCUT2D eigenvalue weighted by Gasteiger charge is 2.19. The normalized spacial score (nSPS) is 14.8. The van der Waals surface area contributed by atoms with Crippen LogP contribution in [-0.4, -0.2) is 55.1 Å². The van der Waals surface area contributed by atoms with E-state index in [-0.39, 0.29) is 11.3 Å². The zero-order chi connectivity index (χ0) is 19.6. The van der Waals surface area contributed by atoms with Crippen molar-refractivity contribution in [2.24, 2.45) is 0 Å². The summed E-state index contributed by atoms with van der Waals surface area (Å²) in [6, 6.07) is 1.00. The minimum absolute atomic E-state index is 0.0401. The number of likely N-dealkylation sites (N-methyl/N-ethyl adjacent to an activating group) is 1. The SMILES string of the molecule is C=CC(NC=O)C(F)/C=C(C)/C=C(/C(=O)/C(C#N)=C/N(C)C)N(C)P. The quantitative estimate of drug-likeness (QED) is 0.159. The van der Waals surface area contributed by atoms with Crippen LogP contribution in [0, 0.1) is 11.3 Å². The minimum atomic E-state index is -1.50. The lowest BCUT2D eigenvalue weighted by Crippen LogP contribution is -2.33. The smallest absolute Gasteiger partial charge is 0.221 e. The molecule has 0 aromatic carbocycles. The first-order valence-electron chi connectivity index (χ1n) is 7.35. The molecule has 0 heterocycles. The van der Waals surface area contributed by atoms with E-state index in [1.807, 2.05) is 6.07 Å². The summed E-state index contributed by atoms with van der Waals surface area (Å²) in [6.07, 6.45) is 4.35. The fraction of sp³-hybridized carbons (Fsp3) is 0.353. The summed E-state index contributed by atoms with van der Waals surface area (Å²) in [7, 11) is 7.36. The van der Waals surface area contributed by atoms with Crippen molar-refractivity contribution in [3.63, 3.8) is 0 Å². The second-order valence-corrected chi connectivity index (χ2v) is 6.26. The van der Waals surface area contributed by atoms with Crippen molar-refractivity contribution >= 4 is 21.6 Å². The van der Waals surface area contributed by atoms with E-state index in [1.165, 1.54) is 29.1 Å². The zero-order valence-corrected chi connectivity index (χ0v) is 16.0. The molecule has 0 aliphatic carbocycles. The Morgan fingerprint density at radius 1 is 1.40 bits per heavy atom. The number of rotatable bonds is 10. The van der Waals surface area contributed by atoms with E-state index in [4.69, 9.17) is 0 Å². The van der Waals surface area contributed by atoms with E-state index in [0.717, 1.165) is 0 Å². The van der Waals surface area contributed by atoms with E-state index in [0.29, 0.717) is 12.0 Å². The van der Waals surface area contributed by atoms with E-state index < -0.39 is 18.0 Å². The topological polar surface area (TPSA) is 76.4 Å². The van der Waals surface area contributed by atoms with Gasteiger partial charge in [-0.1, -0.05) is 6.08 Å². The number of ketones is 1. The molecule has 0 fully saturated rings. The van der Waals surface area contributed by atoms with Crippen molar-refractivity contribution in [2.75, 3.05) is 21.1 Å². The van der Waals surface area contributed by atoms with Gasteiger partial charge in [-0.15, -0.1) is 6.58 Å². The van der Waals surface area contributed by atoms with Crippen LogP contribution in [-0.2, 0) is 9.59 Å². The van der Waals surface area contributed by atoms with Crippen molar-refractivity contribution in [1.82, 2.24) is 14.9 Å². The minimum Gasteiger partial charge on any atom is -0.382 e. The van der Waals surface area contributed by atoms with Gasteiger partial charge >= 0.3 is 0 Å². The first kappa shape index (κ1) is 22.6. The number of hydrogen-bond acceptors (Lipinski definition) is 5. The number of nitriles is 1. The zero-order valence-electron chi connectivity index (χ0n) is 14.9. The molecule has 1 N–H and O–H groups in total. The van der Waals surface area contributed by atoms with Gasteiger partial charge in [0.25, 0.3) is 0 Å². The number of alkyl halides is 1. The van der Waals surface area contributed by atoms with Gasteiger partial charge in [-0.25, -0.2) is 4.39 Å². The fourth-order valence-electron chi connectivity index (χ4n) is 1.85. The van der Waals surface area contributed by atoms with E-state index >= 15 is 0 Å². The number of carbonyl (C=O) groups excluding carboxylic acids is 2. The van der Waals surface area contributed by atoms with Gasteiger partial charge in [-0.2, -0.15) is 5.26 Å². The van der Waals surface area contributed by atoms with Crippen LogP contribution in [0.25, 0.3) is 0 Å². The Bertz CT molecular complexity index is 633. The van der Waals surface area contributed by atoms with Crippen LogP contribution in [0.5, 0.6) is 0 Å². The largest absolute Gasteiger partial charge is 0.382 e. The maximum absolute atomic E-state index is 14.2. The molecule has 0 radical (unpaired) electrons. The van der Waals surface area contributed by atoms with E-state index in [2.05, 4.69) is 21.3 Å². The van der Waals surface area contributed by atoms with Crippen LogP contribution >= 0.6 is 9.39 Å². The summed E-state index contributed by atoms with van der Waals surface area (Å²) in [4.78, 5) is 24.6. The molecule has 0 rings (SSSR count). The lowest BCUT2D eigenvalue weighted by molar-refractivity contribution is -0.113. The molecule has 0 aliphatic heterocycles. The molecule has 8 heteroatoms. The standard InChI is InChI=1S/C17H24FN4O2P/c1-6-15(20-11-23)14(18)7-12(2)8-16(22(5)25)17(24)13(9-19)10-21(3)4/h6-8,10-11,14-15H,1,25H2,2-5H3,(H,20,23)/b12-7+,13-10+,16-8-. The molecule has 3 unspecified atom stereocenters. The maximum Gasteiger partial charge on any atom is 0.221 e. The second kappa shape index (κ2) is 11.2. The average molecular weight is 366 g/mol. The van der Waals surface area contributed by atoms with Crippen molar-refractivity contribution in [3.05, 3.63) is 47.9 Å². The van der Waals surface area contributed by atoms with Crippen LogP contribution < -0.4 is 5.32 Å². The number of carbonyl (C=O) groups is 2. The molecule has 3 atom stereocenters. The summed E-state index contributed by atoms with van der Waals surface area (Å²) in [5, 5.41) is 11.5. The average Bonchev–Trinajstić information content (AvgIpc) is 2.53. The monoisotopic (exact) mass is 366 g/mol. The molecule has 25 heavy (non-hydrogen) atoms. The number of nitrogens with zero attached hydrogens (tertiary/aromatic N) is 3. The Balaban J connectivity index is 5.69. The Morgan fingerprint density at radius 2 is 2.00 bits per heavy atom. The molecule has 0 bridgehead atoms. The molecular weight excluding hydrogens is 342 g/mol. The van der Waals surface area contributed by atoms with Crippen molar-refractivity contribution < 1.29 is 14.0 Å². The third kappa shape index (κ3) is 7.77. The summed E-state index contributed by atoms with van der Waals surface area (Å²) in [5.74, 6) is -0.483. The van der Waals surface area contributed by atoms with Gasteiger partial charge in [0, 0.05) is 27.3 Å². The Labute approximate surface area is 150 Å². The van der Waals surface area contributed by atoms with E-state index in [1.54, 1.807) is 33.0 Å². The van der Waals surface area contributed by atoms with Gasteiger partial charge in [0.05, 0.1) is 11.7 Å². The van der Waals surface area contributed by atoms with E-state index in [9.17, 15) is 19.2 Å². The molecule has 6 nitrogen and oxygen atoms in total. The Kier molecular flexibility index (Phi) is 10.1. The maximum atomic E-state index is 14.2. The van der Waals surface area contributed by atoms with Crippen LogP contribution in [0.15, 0.2) is 47.9 Å². The molecule has 0 aromatic heterocycles. The molecule has 0 saturated heterocycles. The highest BCUT2D eigenvalue weighted by molar-refractivity contribution is 7.13. The van der Waals surface area contributed by atoms with Crippen molar-refractivity contribution in [3.8, 4) is 6.07 Å². The fourth-order valence-corrected chi connectivity index (χ4v) is 2.04. The van der Waals surface area contributed by atoms with Gasteiger partial charge in [0.15, 0.2) is 0 Å². The van der Waals surface area contributed by atoms with Crippen molar-refractivity contribution in [2.45, 2.75) is 19.1 Å². The predicted octanol–water partition coefficient (Wildman–Crippen LogP) is 1.72. The number of hydrogen-bond donors (Lipinski definition) is 1. The van der Waals surface area contributed by atoms with Gasteiger partial charge < -0.3 is 14.9 Å². The molecule has 0 aliphatic rings. The number of amides is 1. The summed E-state index contributed by atoms with van der Waals surface area (Å²) in [6.45, 7) is 5.09. The lowest BCUT2D eigenvalue weighted by Gasteiger charge is -2.17. The number of nitrogens with one attached hydrogen (secondary N) is 1. The second-order valence-electron chi connectivity index (χ2n) is 5.49. The summed E-state index contributed by atoms with van der Waals surface area (Å²) >= 11 is 0. The number of Topliss-reactive ketones (excluding diaryl/α,β-unsaturated/α-hetero) is 1. The highest BCUT2D eigenvalue weighted by atomic mass is 31.0. The van der Waals surface area contributed by atoms with Gasteiger partial charge in [-0.3, -0.25) is 9.59 Å². The lowest BCUT2D eigenvalue weighted by atomic mass is 10.1. The van der Waals surface area contributed by atoms with Gasteiger partial charge in [-0.05, 0) is 34.0 Å². The van der Waals surface area contributed by atoms with Crippen LogP contribution in [0.4, 0.5) is 4.39 Å². The molecule has 1 amide bonds. The number of halogens is 1. The van der Waals surface area contributed by atoms with Gasteiger partial charge in [0.1, 0.15) is 17.8 Å². The molecule has 0 saturated carbocycles. The highest BCUT2D eigenvalue weighted by Crippen LogP contribution is 2.17. The predicted molar refractivity (Wildman–Crippen MR) is 99.8 cm³/mol. The van der Waals surface area contributed by atoms with Crippen molar-refractivity contribution in [1.29, 1.82) is 5.26 Å². The van der Waals surface area contributed by atoms with Crippen LogP contribution in [0.3, 0.4) is 0 Å². The third-order valence-corrected chi connectivity index (χ3v) is 3.29. The van der Waals surface area contributed by atoms with Gasteiger partial charge in [0.2, 0.25) is 12.2 Å². The summed E-state index contributed by atoms with van der Waals surface area (Å²) in [5.41, 5.74) is 0.632. The molecule has 0 aromatic rings. The molecule has 0 spiro atoms. The first-order valence-corrected chi connectivity index (χ1v) is 7.87. The van der Waals surface area contributed by atoms with Crippen LogP contribution in [0.2, 0.25) is 0 Å². The molecular formula is C17H24FN4O2P. The third-order valence-electron chi connectivity index (χ3n) is 3.01. The molecule has 136 valence electrons. The van der Waals surface area contributed by atoms with Crippen LogP contribution in [0.1, 0.15) is 6.92 Å². The summed E-state index contributed by atoms with van der Waals surface area (Å²) < 4.78 is 15.7.